The van der Waals surface area contributed by atoms with Gasteiger partial charge in [0.25, 0.3) is 15.9 Å². The van der Waals surface area contributed by atoms with Gasteiger partial charge in [-0.25, -0.2) is 19.4 Å². The second-order valence-corrected chi connectivity index (χ2v) is 16.5. The van der Waals surface area contributed by atoms with Gasteiger partial charge in [-0.3, -0.25) is 4.79 Å². The number of ether oxygens (including phenoxy) is 2. The van der Waals surface area contributed by atoms with Gasteiger partial charge in [0.1, 0.15) is 18.2 Å². The summed E-state index contributed by atoms with van der Waals surface area (Å²) in [5, 5.41) is 7.56. The molecule has 4 aromatic rings. The summed E-state index contributed by atoms with van der Waals surface area (Å²) >= 11 is 0. The Morgan fingerprint density at radius 1 is 0.904 bits per heavy atom. The summed E-state index contributed by atoms with van der Waals surface area (Å²) in [7, 11) is -4.48. The number of fused-ring (bicyclic) bond motifs is 6. The fourth-order valence-corrected chi connectivity index (χ4v) is 8.85. The first kappa shape index (κ1) is 35.7. The van der Waals surface area contributed by atoms with Crippen LogP contribution >= 0.6 is 0 Å². The molecule has 0 unspecified atom stereocenters. The van der Waals surface area contributed by atoms with Crippen molar-refractivity contribution in [2.45, 2.75) is 95.2 Å². The zero-order valence-corrected chi connectivity index (χ0v) is 30.9. The molecule has 7 rings (SSSR count). The van der Waals surface area contributed by atoms with Crippen LogP contribution in [0.25, 0.3) is 5.82 Å². The first-order valence-corrected chi connectivity index (χ1v) is 20.1. The Labute approximate surface area is 306 Å². The molecular weight excluding hydrogens is 679 g/mol. The molecule has 3 aliphatic rings. The molecule has 0 radical (unpaired) electrons. The van der Waals surface area contributed by atoms with E-state index < -0.39 is 15.9 Å². The van der Waals surface area contributed by atoms with E-state index in [9.17, 15) is 13.2 Å². The standard InChI is InChI=1S/C39H49N7O5S/c1-39(2)25-30-15-10-22-40-33-18-17-32(51-27-29-13-8-5-9-14-29)38(41-33)52(48,49)44-37(47)31-16-19-34(42-36(31)45(39)26-30)46-23-20-35(43-46)50-24-21-28-11-6-3-4-7-12-28/h5,8-9,13-14,16-20,23,28,30H,3-4,6-7,10-12,15,21-22,24-27H2,1-2H3,(H,40,41)(H,44,47)/t30-/m0/s1. The van der Waals surface area contributed by atoms with Gasteiger partial charge in [-0.05, 0) is 81.2 Å². The monoisotopic (exact) mass is 727 g/mol. The van der Waals surface area contributed by atoms with Gasteiger partial charge in [-0.1, -0.05) is 68.9 Å². The highest BCUT2D eigenvalue weighted by Crippen LogP contribution is 2.40. The molecule has 2 aliphatic heterocycles. The number of hydrogen-bond acceptors (Lipinski definition) is 10. The first-order chi connectivity index (χ1) is 25.1. The van der Waals surface area contributed by atoms with Crippen LogP contribution in [0.2, 0.25) is 0 Å². The van der Waals surface area contributed by atoms with Crippen molar-refractivity contribution in [1.82, 2.24) is 24.5 Å². The molecule has 1 saturated heterocycles. The van der Waals surface area contributed by atoms with Crippen LogP contribution in [0.15, 0.2) is 71.9 Å². The van der Waals surface area contributed by atoms with Gasteiger partial charge >= 0.3 is 0 Å². The predicted molar refractivity (Wildman–Crippen MR) is 200 cm³/mol. The van der Waals surface area contributed by atoms with Crippen molar-refractivity contribution in [1.29, 1.82) is 0 Å². The normalized spacial score (nSPS) is 20.4. The molecule has 12 nitrogen and oxygen atoms in total. The van der Waals surface area contributed by atoms with E-state index in [0.717, 1.165) is 31.2 Å². The molecular formula is C39H49N7O5S. The molecule has 3 aromatic heterocycles. The zero-order valence-electron chi connectivity index (χ0n) is 30.1. The third-order valence-electron chi connectivity index (χ3n) is 10.5. The summed E-state index contributed by atoms with van der Waals surface area (Å²) in [6.07, 6.45) is 13.3. The second kappa shape index (κ2) is 15.5. The van der Waals surface area contributed by atoms with Crippen LogP contribution in [0.4, 0.5) is 11.6 Å². The highest BCUT2D eigenvalue weighted by molar-refractivity contribution is 7.90. The van der Waals surface area contributed by atoms with E-state index in [2.05, 4.69) is 38.9 Å². The fraction of sp³-hybridized carbons (Fsp3) is 0.487. The van der Waals surface area contributed by atoms with E-state index in [1.54, 1.807) is 35.1 Å². The lowest BCUT2D eigenvalue weighted by molar-refractivity contribution is 0.0981. The Hall–Kier alpha value is -4.65. The number of benzene rings is 1. The SMILES string of the molecule is CC1(C)C[C@@H]2CCCNc3ccc(OCc4ccccc4)c(n3)S(=O)(=O)NC(=O)c3ccc(-n4ccc(OCCC5CCCCCC5)n4)nc3N1C2. The molecule has 0 spiro atoms. The van der Waals surface area contributed by atoms with Crippen molar-refractivity contribution in [3.8, 4) is 17.4 Å². The summed E-state index contributed by atoms with van der Waals surface area (Å²) in [5.41, 5.74) is 0.669. The quantitative estimate of drug-likeness (QED) is 0.184. The number of nitrogens with one attached hydrogen (secondary N) is 2. The number of anilines is 2. The maximum absolute atomic E-state index is 14.1. The van der Waals surface area contributed by atoms with Gasteiger partial charge in [0.2, 0.25) is 10.9 Å². The Balaban J connectivity index is 1.17. The molecule has 1 amide bonds. The molecule has 2 fully saturated rings. The van der Waals surface area contributed by atoms with Crippen molar-refractivity contribution in [2.24, 2.45) is 11.8 Å². The van der Waals surface area contributed by atoms with Crippen LogP contribution in [0.1, 0.15) is 94.0 Å². The molecule has 276 valence electrons. The smallest absolute Gasteiger partial charge is 0.285 e. The minimum Gasteiger partial charge on any atom is -0.486 e. The Morgan fingerprint density at radius 3 is 2.52 bits per heavy atom. The van der Waals surface area contributed by atoms with Crippen LogP contribution in [-0.4, -0.2) is 59.3 Å². The Morgan fingerprint density at radius 2 is 1.71 bits per heavy atom. The van der Waals surface area contributed by atoms with Crippen LogP contribution in [0.5, 0.6) is 11.6 Å². The van der Waals surface area contributed by atoms with E-state index in [4.69, 9.17) is 14.5 Å². The lowest BCUT2D eigenvalue weighted by Gasteiger charge is -2.34. The summed E-state index contributed by atoms with van der Waals surface area (Å²) in [6.45, 7) is 6.32. The Bertz CT molecular complexity index is 1960. The molecule has 13 heteroatoms. The predicted octanol–water partition coefficient (Wildman–Crippen LogP) is 6.91. The van der Waals surface area contributed by atoms with E-state index in [-0.39, 0.29) is 28.5 Å². The summed E-state index contributed by atoms with van der Waals surface area (Å²) in [6, 6.07) is 17.8. The van der Waals surface area contributed by atoms with Gasteiger partial charge in [0.05, 0.1) is 12.2 Å². The van der Waals surface area contributed by atoms with Crippen LogP contribution in [-0.2, 0) is 16.6 Å². The molecule has 1 saturated carbocycles. The average Bonchev–Trinajstić information content (AvgIpc) is 3.62. The first-order valence-electron chi connectivity index (χ1n) is 18.6. The molecule has 4 bridgehead atoms. The fourth-order valence-electron chi connectivity index (χ4n) is 7.79. The number of aromatic nitrogens is 4. The number of sulfonamides is 1. The molecule has 1 aliphatic carbocycles. The summed E-state index contributed by atoms with van der Waals surface area (Å²) < 4.78 is 43.9. The van der Waals surface area contributed by atoms with Crippen LogP contribution < -0.4 is 24.4 Å². The zero-order chi connectivity index (χ0) is 36.1. The lowest BCUT2D eigenvalue weighted by Crippen LogP contribution is -2.41. The van der Waals surface area contributed by atoms with Gasteiger partial charge in [-0.15, -0.1) is 5.10 Å². The number of amides is 1. The number of carbonyl (C=O) groups is 1. The van der Waals surface area contributed by atoms with Crippen LogP contribution in [0, 0.1) is 11.8 Å². The van der Waals surface area contributed by atoms with Crippen molar-refractivity contribution in [3.63, 3.8) is 0 Å². The molecule has 1 atom stereocenters. The van der Waals surface area contributed by atoms with Crippen LogP contribution in [0.3, 0.4) is 0 Å². The highest BCUT2D eigenvalue weighted by atomic mass is 32.2. The minimum absolute atomic E-state index is 0.0441. The molecule has 2 N–H and O–H groups in total. The van der Waals surface area contributed by atoms with E-state index in [0.29, 0.717) is 54.9 Å². The van der Waals surface area contributed by atoms with Crippen molar-refractivity contribution in [2.75, 3.05) is 29.9 Å². The maximum Gasteiger partial charge on any atom is 0.285 e. The van der Waals surface area contributed by atoms with Crippen molar-refractivity contribution < 1.29 is 22.7 Å². The van der Waals surface area contributed by atoms with Gasteiger partial charge in [0.15, 0.2) is 11.6 Å². The summed E-state index contributed by atoms with van der Waals surface area (Å²) in [4.78, 5) is 25.6. The van der Waals surface area contributed by atoms with Gasteiger partial charge in [-0.2, -0.15) is 8.42 Å². The largest absolute Gasteiger partial charge is 0.486 e. The van der Waals surface area contributed by atoms with E-state index in [1.165, 1.54) is 38.5 Å². The number of rotatable bonds is 8. The maximum atomic E-state index is 14.1. The lowest BCUT2D eigenvalue weighted by atomic mass is 9.93. The van der Waals surface area contributed by atoms with E-state index in [1.807, 2.05) is 36.4 Å². The third-order valence-corrected chi connectivity index (χ3v) is 11.8. The minimum atomic E-state index is -4.48. The molecule has 5 heterocycles. The summed E-state index contributed by atoms with van der Waals surface area (Å²) in [5.74, 6) is 2.10. The number of carbonyl (C=O) groups excluding carboxylic acids is 1. The number of nitrogens with zero attached hydrogens (tertiary/aromatic N) is 5. The van der Waals surface area contributed by atoms with E-state index >= 15 is 0 Å². The van der Waals surface area contributed by atoms with Crippen molar-refractivity contribution >= 4 is 27.6 Å². The number of pyridine rings is 2. The molecule has 1 aromatic carbocycles. The average molecular weight is 728 g/mol. The highest BCUT2D eigenvalue weighted by Gasteiger charge is 2.41. The van der Waals surface area contributed by atoms with Gasteiger partial charge in [0, 0.05) is 30.9 Å². The van der Waals surface area contributed by atoms with Gasteiger partial charge < -0.3 is 19.7 Å². The molecule has 52 heavy (non-hydrogen) atoms. The number of hydrogen-bond donors (Lipinski definition) is 2. The third kappa shape index (κ3) is 8.35. The van der Waals surface area contributed by atoms with Crippen molar-refractivity contribution in [3.05, 3.63) is 78.0 Å². The second-order valence-electron chi connectivity index (χ2n) is 14.9. The topological polar surface area (TPSA) is 141 Å². The Kier molecular flexibility index (Phi) is 10.7.